The molecule has 4 aromatic rings. The van der Waals surface area contributed by atoms with E-state index in [9.17, 15) is 0 Å². The molecule has 1 aliphatic heterocycles. The molecule has 0 fully saturated rings. The molecule has 1 aliphatic rings. The largest absolute Gasteiger partial charge is 0.493 e. The topological polar surface area (TPSA) is 63.3 Å². The van der Waals surface area contributed by atoms with E-state index in [1.165, 1.54) is 22.2 Å². The number of benzene rings is 2. The van der Waals surface area contributed by atoms with Gasteiger partial charge in [-0.05, 0) is 35.7 Å². The highest BCUT2D eigenvalue weighted by molar-refractivity contribution is 5.85. The number of rotatable bonds is 4. The lowest BCUT2D eigenvalue weighted by molar-refractivity contribution is 0.355. The first-order valence-electron chi connectivity index (χ1n) is 9.64. The van der Waals surface area contributed by atoms with Gasteiger partial charge in [-0.1, -0.05) is 24.3 Å². The number of nitrogens with one attached hydrogen (secondary N) is 1. The van der Waals surface area contributed by atoms with Crippen molar-refractivity contribution in [2.24, 2.45) is 0 Å². The van der Waals surface area contributed by atoms with E-state index in [0.717, 1.165) is 36.6 Å². The molecule has 6 heteroatoms. The maximum absolute atomic E-state index is 5.40. The van der Waals surface area contributed by atoms with E-state index in [1.54, 1.807) is 14.2 Å². The molecular formula is C23H22N4O2. The van der Waals surface area contributed by atoms with Gasteiger partial charge in [0.05, 0.1) is 20.8 Å². The summed E-state index contributed by atoms with van der Waals surface area (Å²) in [4.78, 5) is 15.0. The van der Waals surface area contributed by atoms with Crippen molar-refractivity contribution in [3.05, 3.63) is 66.1 Å². The zero-order chi connectivity index (χ0) is 19.8. The number of aromatic amines is 1. The van der Waals surface area contributed by atoms with E-state index in [4.69, 9.17) is 9.47 Å². The number of H-pyrrole nitrogens is 1. The Kier molecular flexibility index (Phi) is 4.31. The van der Waals surface area contributed by atoms with Crippen molar-refractivity contribution < 1.29 is 9.47 Å². The van der Waals surface area contributed by atoms with Crippen LogP contribution < -0.4 is 14.4 Å². The highest BCUT2D eigenvalue weighted by Gasteiger charge is 2.22. The normalized spacial score (nSPS) is 13.4. The average Bonchev–Trinajstić information content (AvgIpc) is 3.16. The van der Waals surface area contributed by atoms with Gasteiger partial charge in [-0.3, -0.25) is 0 Å². The molecular weight excluding hydrogens is 364 g/mol. The van der Waals surface area contributed by atoms with Crippen molar-refractivity contribution in [1.82, 2.24) is 15.0 Å². The summed E-state index contributed by atoms with van der Waals surface area (Å²) in [7, 11) is 3.27. The molecule has 1 N–H and O–H groups in total. The molecule has 0 bridgehead atoms. The molecule has 0 atom stereocenters. The summed E-state index contributed by atoms with van der Waals surface area (Å²) in [5.41, 5.74) is 5.80. The highest BCUT2D eigenvalue weighted by atomic mass is 16.5. The summed E-state index contributed by atoms with van der Waals surface area (Å²) in [5, 5.41) is 1.33. The monoisotopic (exact) mass is 386 g/mol. The van der Waals surface area contributed by atoms with Crippen LogP contribution in [0.4, 0.5) is 5.95 Å². The highest BCUT2D eigenvalue weighted by Crippen LogP contribution is 2.33. The number of methoxy groups -OCH3 is 2. The van der Waals surface area contributed by atoms with Gasteiger partial charge in [0.15, 0.2) is 11.5 Å². The van der Waals surface area contributed by atoms with E-state index in [2.05, 4.69) is 44.1 Å². The Morgan fingerprint density at radius 3 is 2.52 bits per heavy atom. The Bertz CT molecular complexity index is 1170. The number of para-hydroxylation sites is 1. The first kappa shape index (κ1) is 17.6. The van der Waals surface area contributed by atoms with Gasteiger partial charge >= 0.3 is 0 Å². The zero-order valence-electron chi connectivity index (χ0n) is 16.5. The second kappa shape index (κ2) is 7.13. The molecule has 2 aromatic carbocycles. The Morgan fingerprint density at radius 2 is 1.72 bits per heavy atom. The molecule has 0 saturated carbocycles. The van der Waals surface area contributed by atoms with Crippen LogP contribution in [0.25, 0.3) is 22.0 Å². The van der Waals surface area contributed by atoms with Crippen LogP contribution in [0.15, 0.2) is 54.9 Å². The molecule has 3 heterocycles. The summed E-state index contributed by atoms with van der Waals surface area (Å²) in [6, 6.07) is 14.3. The number of anilines is 1. The minimum Gasteiger partial charge on any atom is -0.493 e. The van der Waals surface area contributed by atoms with Gasteiger partial charge in [0, 0.05) is 41.1 Å². The van der Waals surface area contributed by atoms with Crippen molar-refractivity contribution >= 4 is 16.9 Å². The molecule has 29 heavy (non-hydrogen) atoms. The van der Waals surface area contributed by atoms with E-state index in [0.29, 0.717) is 11.5 Å². The van der Waals surface area contributed by atoms with Gasteiger partial charge < -0.3 is 19.4 Å². The summed E-state index contributed by atoms with van der Waals surface area (Å²) in [5.74, 6) is 2.14. The minimum absolute atomic E-state index is 0.691. The number of hydrogen-bond acceptors (Lipinski definition) is 5. The lowest BCUT2D eigenvalue weighted by Gasteiger charge is -2.27. The second-order valence-electron chi connectivity index (χ2n) is 7.14. The van der Waals surface area contributed by atoms with Crippen LogP contribution in [0, 0.1) is 0 Å². The predicted octanol–water partition coefficient (Wildman–Crippen LogP) is 4.20. The second-order valence-corrected chi connectivity index (χ2v) is 7.14. The van der Waals surface area contributed by atoms with E-state index < -0.39 is 0 Å². The third-order valence-electron chi connectivity index (χ3n) is 5.52. The molecule has 2 aromatic heterocycles. The van der Waals surface area contributed by atoms with Gasteiger partial charge in [-0.25, -0.2) is 9.97 Å². The molecule has 6 nitrogen and oxygen atoms in total. The summed E-state index contributed by atoms with van der Waals surface area (Å²) in [6.45, 7) is 1.70. The molecule has 0 amide bonds. The van der Waals surface area contributed by atoms with Crippen LogP contribution in [0.5, 0.6) is 11.5 Å². The van der Waals surface area contributed by atoms with Gasteiger partial charge in [-0.2, -0.15) is 0 Å². The molecule has 0 aliphatic carbocycles. The molecule has 5 rings (SSSR count). The number of hydrogen-bond donors (Lipinski definition) is 1. The van der Waals surface area contributed by atoms with Crippen molar-refractivity contribution in [1.29, 1.82) is 0 Å². The zero-order valence-corrected chi connectivity index (χ0v) is 16.5. The van der Waals surface area contributed by atoms with E-state index in [-0.39, 0.29) is 0 Å². The van der Waals surface area contributed by atoms with Crippen molar-refractivity contribution in [3.63, 3.8) is 0 Å². The summed E-state index contributed by atoms with van der Waals surface area (Å²) in [6.07, 6.45) is 4.72. The number of ether oxygens (including phenoxy) is 2. The summed E-state index contributed by atoms with van der Waals surface area (Å²) >= 11 is 0. The minimum atomic E-state index is 0.691. The Labute approximate surface area is 169 Å². The van der Waals surface area contributed by atoms with Crippen molar-refractivity contribution in [2.75, 3.05) is 25.7 Å². The Balaban J connectivity index is 1.39. The summed E-state index contributed by atoms with van der Waals surface area (Å²) < 4.78 is 10.7. The number of nitrogens with zero attached hydrogens (tertiary/aromatic N) is 3. The molecule has 0 spiro atoms. The van der Waals surface area contributed by atoms with Crippen LogP contribution in [0.2, 0.25) is 0 Å². The van der Waals surface area contributed by atoms with Crippen LogP contribution in [0.1, 0.15) is 11.3 Å². The van der Waals surface area contributed by atoms with Gasteiger partial charge in [0.25, 0.3) is 0 Å². The maximum Gasteiger partial charge on any atom is 0.225 e. The maximum atomic E-state index is 5.40. The van der Waals surface area contributed by atoms with Crippen LogP contribution >= 0.6 is 0 Å². The fourth-order valence-corrected chi connectivity index (χ4v) is 4.01. The van der Waals surface area contributed by atoms with Crippen LogP contribution in [-0.4, -0.2) is 35.7 Å². The van der Waals surface area contributed by atoms with Gasteiger partial charge in [-0.15, -0.1) is 0 Å². The third-order valence-corrected chi connectivity index (χ3v) is 5.52. The number of fused-ring (bicyclic) bond motifs is 3. The third kappa shape index (κ3) is 3.06. The Morgan fingerprint density at radius 1 is 0.931 bits per heavy atom. The molecule has 146 valence electrons. The predicted molar refractivity (Wildman–Crippen MR) is 114 cm³/mol. The number of aromatic nitrogens is 3. The molecule has 0 saturated heterocycles. The quantitative estimate of drug-likeness (QED) is 0.569. The smallest absolute Gasteiger partial charge is 0.225 e. The molecule has 0 radical (unpaired) electrons. The SMILES string of the molecule is COc1ccc(-c2cnc(N3CCc4c([nH]c5ccccc45)C3)nc2)cc1OC. The lowest BCUT2D eigenvalue weighted by atomic mass is 10.0. The van der Waals surface area contributed by atoms with Gasteiger partial charge in [0.1, 0.15) is 0 Å². The van der Waals surface area contributed by atoms with Crippen LogP contribution in [0.3, 0.4) is 0 Å². The van der Waals surface area contributed by atoms with Gasteiger partial charge in [0.2, 0.25) is 5.95 Å². The first-order valence-corrected chi connectivity index (χ1v) is 9.64. The van der Waals surface area contributed by atoms with Crippen molar-refractivity contribution in [2.45, 2.75) is 13.0 Å². The van der Waals surface area contributed by atoms with Crippen LogP contribution in [-0.2, 0) is 13.0 Å². The van der Waals surface area contributed by atoms with E-state index >= 15 is 0 Å². The van der Waals surface area contributed by atoms with Crippen molar-refractivity contribution in [3.8, 4) is 22.6 Å². The fraction of sp³-hybridized carbons (Fsp3) is 0.217. The fourth-order valence-electron chi connectivity index (χ4n) is 4.01. The lowest BCUT2D eigenvalue weighted by Crippen LogP contribution is -2.31. The average molecular weight is 386 g/mol. The van der Waals surface area contributed by atoms with E-state index in [1.807, 2.05) is 30.6 Å². The molecule has 0 unspecified atom stereocenters. The first-order chi connectivity index (χ1) is 14.3. The standard InChI is InChI=1S/C23H22N4O2/c1-28-21-8-7-15(11-22(21)29-2)16-12-24-23(25-13-16)27-10-9-18-17-5-3-4-6-19(17)26-20(18)14-27/h3-8,11-13,26H,9-10,14H2,1-2H3. The Hall–Kier alpha value is -3.54.